The third kappa shape index (κ3) is 3.06. The van der Waals surface area contributed by atoms with Crippen LogP contribution in [0.1, 0.15) is 26.5 Å². The van der Waals surface area contributed by atoms with Gasteiger partial charge in [-0.2, -0.15) is 0 Å². The molecule has 30 heavy (non-hydrogen) atoms. The minimum absolute atomic E-state index is 0.0156. The average Bonchev–Trinajstić information content (AvgIpc) is 2.72. The van der Waals surface area contributed by atoms with Crippen LogP contribution >= 0.6 is 0 Å². The van der Waals surface area contributed by atoms with E-state index in [9.17, 15) is 28.6 Å². The molecule has 0 saturated heterocycles. The van der Waals surface area contributed by atoms with Crippen molar-refractivity contribution in [2.24, 2.45) is 0 Å². The summed E-state index contributed by atoms with van der Waals surface area (Å²) < 4.78 is 34.4. The highest BCUT2D eigenvalue weighted by Gasteiger charge is 2.27. The molecular formula is C21H12F2N2O5. The molecule has 4 aromatic rings. The maximum atomic E-state index is 14.8. The Labute approximate surface area is 167 Å². The number of carbonyl (C=O) groups excluding carboxylic acids is 1. The first-order valence-corrected chi connectivity index (χ1v) is 8.60. The zero-order valence-corrected chi connectivity index (χ0v) is 15.3. The Balaban J connectivity index is 1.88. The standard InChI is InChI=1S/C21H12F2N2O5/c1-9-6-7-11-13(8-9)25-16(20(27)28)15(23)19(11)30-21(29)17-14(22)18(26)10-4-2-3-5-12(10)24-17/h2-8H,1H3,(H,24,26)(H,27,28). The van der Waals surface area contributed by atoms with Gasteiger partial charge in [0.05, 0.1) is 11.0 Å². The van der Waals surface area contributed by atoms with E-state index in [0.717, 1.165) is 0 Å². The van der Waals surface area contributed by atoms with Crippen LogP contribution in [0.2, 0.25) is 0 Å². The molecule has 0 atom stereocenters. The fourth-order valence-electron chi connectivity index (χ4n) is 3.01. The van der Waals surface area contributed by atoms with Gasteiger partial charge in [0, 0.05) is 10.8 Å². The molecule has 0 aliphatic rings. The second kappa shape index (κ2) is 7.03. The smallest absolute Gasteiger partial charge is 0.365 e. The van der Waals surface area contributed by atoms with Gasteiger partial charge >= 0.3 is 11.9 Å². The molecule has 0 radical (unpaired) electrons. The maximum Gasteiger partial charge on any atom is 0.365 e. The second-order valence-corrected chi connectivity index (χ2v) is 6.46. The normalized spacial score (nSPS) is 11.0. The molecule has 0 unspecified atom stereocenters. The van der Waals surface area contributed by atoms with Crippen LogP contribution in [0.5, 0.6) is 11.5 Å². The van der Waals surface area contributed by atoms with Crippen LogP contribution in [0.4, 0.5) is 8.78 Å². The van der Waals surface area contributed by atoms with Gasteiger partial charge in [-0.25, -0.2) is 28.3 Å². The van der Waals surface area contributed by atoms with Gasteiger partial charge in [0.25, 0.3) is 0 Å². The van der Waals surface area contributed by atoms with Crippen molar-refractivity contribution >= 4 is 33.7 Å². The van der Waals surface area contributed by atoms with Crippen LogP contribution in [-0.2, 0) is 0 Å². The highest BCUT2D eigenvalue weighted by molar-refractivity contribution is 5.99. The zero-order chi connectivity index (χ0) is 21.6. The molecule has 2 aromatic heterocycles. The number of fused-ring (bicyclic) bond motifs is 2. The zero-order valence-electron chi connectivity index (χ0n) is 15.3. The lowest BCUT2D eigenvalue weighted by Gasteiger charge is -2.12. The fourth-order valence-corrected chi connectivity index (χ4v) is 3.01. The Morgan fingerprint density at radius 2 is 1.63 bits per heavy atom. The van der Waals surface area contributed by atoms with Crippen LogP contribution in [0.3, 0.4) is 0 Å². The number of hydrogen-bond acceptors (Lipinski definition) is 6. The molecule has 0 aliphatic carbocycles. The summed E-state index contributed by atoms with van der Waals surface area (Å²) in [5, 5.41) is 19.4. The molecule has 0 amide bonds. The predicted octanol–water partition coefficient (Wildman–Crippen LogP) is 3.99. The Kier molecular flexibility index (Phi) is 4.50. The molecule has 4 rings (SSSR count). The van der Waals surface area contributed by atoms with E-state index in [1.807, 2.05) is 0 Å². The first kappa shape index (κ1) is 19.2. The molecule has 0 aliphatic heterocycles. The first-order chi connectivity index (χ1) is 14.3. The Morgan fingerprint density at radius 1 is 0.933 bits per heavy atom. The molecule has 9 heteroatoms. The molecule has 0 spiro atoms. The van der Waals surface area contributed by atoms with Gasteiger partial charge in [-0.1, -0.05) is 18.2 Å². The van der Waals surface area contributed by atoms with E-state index in [-0.39, 0.29) is 21.8 Å². The SMILES string of the molecule is Cc1ccc2c(OC(=O)c3nc4ccccc4c(O)c3F)c(F)c(C(=O)O)nc2c1. The number of aromatic hydroxyl groups is 1. The van der Waals surface area contributed by atoms with Crippen LogP contribution in [0.15, 0.2) is 42.5 Å². The number of aromatic nitrogens is 2. The molecular weight excluding hydrogens is 398 g/mol. The lowest BCUT2D eigenvalue weighted by molar-refractivity contribution is 0.0670. The van der Waals surface area contributed by atoms with Crippen molar-refractivity contribution in [1.82, 2.24) is 9.97 Å². The number of aryl methyl sites for hydroxylation is 1. The van der Waals surface area contributed by atoms with Crippen molar-refractivity contribution in [3.8, 4) is 11.5 Å². The molecule has 2 heterocycles. The summed E-state index contributed by atoms with van der Waals surface area (Å²) in [7, 11) is 0. The molecule has 2 N–H and O–H groups in total. The Morgan fingerprint density at radius 3 is 2.37 bits per heavy atom. The number of carboxylic acid groups (broad SMARTS) is 1. The summed E-state index contributed by atoms with van der Waals surface area (Å²) in [5.41, 5.74) is -0.927. The quantitative estimate of drug-likeness (QED) is 0.492. The van der Waals surface area contributed by atoms with Crippen LogP contribution in [0, 0.1) is 18.6 Å². The number of pyridine rings is 2. The molecule has 0 bridgehead atoms. The highest BCUT2D eigenvalue weighted by atomic mass is 19.1. The molecule has 150 valence electrons. The first-order valence-electron chi connectivity index (χ1n) is 8.60. The minimum atomic E-state index is -1.67. The molecule has 2 aromatic carbocycles. The van der Waals surface area contributed by atoms with Crippen molar-refractivity contribution in [2.45, 2.75) is 6.92 Å². The predicted molar refractivity (Wildman–Crippen MR) is 102 cm³/mol. The number of benzene rings is 2. The number of aromatic carboxylic acids is 1. The van der Waals surface area contributed by atoms with Crippen LogP contribution in [-0.4, -0.2) is 32.1 Å². The summed E-state index contributed by atoms with van der Waals surface area (Å²) >= 11 is 0. The number of hydrogen-bond donors (Lipinski definition) is 2. The van der Waals surface area contributed by atoms with E-state index < -0.39 is 46.5 Å². The number of carbonyl (C=O) groups is 2. The molecule has 0 saturated carbocycles. The Hall–Kier alpha value is -4.14. The number of halogens is 2. The number of para-hydroxylation sites is 1. The van der Waals surface area contributed by atoms with Crippen molar-refractivity contribution in [3.05, 3.63) is 71.1 Å². The summed E-state index contributed by atoms with van der Waals surface area (Å²) in [6.07, 6.45) is 0. The number of nitrogens with zero attached hydrogens (tertiary/aromatic N) is 2. The number of carboxylic acids is 1. The van der Waals surface area contributed by atoms with Crippen LogP contribution < -0.4 is 4.74 Å². The largest absolute Gasteiger partial charge is 0.504 e. The lowest BCUT2D eigenvalue weighted by Crippen LogP contribution is -2.16. The van der Waals surface area contributed by atoms with Crippen molar-refractivity contribution in [1.29, 1.82) is 0 Å². The molecule has 7 nitrogen and oxygen atoms in total. The van der Waals surface area contributed by atoms with Gasteiger partial charge in [0.1, 0.15) is 0 Å². The Bertz CT molecular complexity index is 1370. The molecule has 0 fully saturated rings. The van der Waals surface area contributed by atoms with E-state index in [2.05, 4.69) is 9.97 Å². The van der Waals surface area contributed by atoms with Gasteiger partial charge in [-0.3, -0.25) is 0 Å². The van der Waals surface area contributed by atoms with Crippen molar-refractivity contribution < 1.29 is 33.3 Å². The van der Waals surface area contributed by atoms with E-state index in [1.54, 1.807) is 25.1 Å². The summed E-state index contributed by atoms with van der Waals surface area (Å²) in [6, 6.07) is 10.4. The van der Waals surface area contributed by atoms with Gasteiger partial charge in [-0.05, 0) is 36.8 Å². The van der Waals surface area contributed by atoms with Gasteiger partial charge < -0.3 is 14.9 Å². The third-order valence-corrected chi connectivity index (χ3v) is 4.44. The maximum absolute atomic E-state index is 14.8. The monoisotopic (exact) mass is 410 g/mol. The number of ether oxygens (including phenoxy) is 1. The summed E-state index contributed by atoms with van der Waals surface area (Å²) in [4.78, 5) is 31.6. The number of esters is 1. The van der Waals surface area contributed by atoms with Crippen LogP contribution in [0.25, 0.3) is 21.8 Å². The van der Waals surface area contributed by atoms with Crippen molar-refractivity contribution in [3.63, 3.8) is 0 Å². The summed E-state index contributed by atoms with van der Waals surface area (Å²) in [6.45, 7) is 1.72. The van der Waals surface area contributed by atoms with E-state index in [0.29, 0.717) is 5.56 Å². The van der Waals surface area contributed by atoms with E-state index in [4.69, 9.17) is 4.74 Å². The van der Waals surface area contributed by atoms with Crippen molar-refractivity contribution in [2.75, 3.05) is 0 Å². The van der Waals surface area contributed by atoms with E-state index in [1.165, 1.54) is 24.3 Å². The van der Waals surface area contributed by atoms with E-state index >= 15 is 0 Å². The average molecular weight is 410 g/mol. The minimum Gasteiger partial charge on any atom is -0.504 e. The number of rotatable bonds is 3. The topological polar surface area (TPSA) is 110 Å². The third-order valence-electron chi connectivity index (χ3n) is 4.44. The van der Waals surface area contributed by atoms with Gasteiger partial charge in [0.2, 0.25) is 0 Å². The second-order valence-electron chi connectivity index (χ2n) is 6.46. The van der Waals surface area contributed by atoms with Gasteiger partial charge in [-0.15, -0.1) is 0 Å². The van der Waals surface area contributed by atoms with Gasteiger partial charge in [0.15, 0.2) is 34.5 Å². The lowest BCUT2D eigenvalue weighted by atomic mass is 10.1. The summed E-state index contributed by atoms with van der Waals surface area (Å²) in [5.74, 6) is -7.34. The highest BCUT2D eigenvalue weighted by Crippen LogP contribution is 2.33. The fraction of sp³-hybridized carbons (Fsp3) is 0.0476.